The molecule has 110 valence electrons. The molecule has 1 aliphatic carbocycles. The molecule has 2 rings (SSSR count). The van der Waals surface area contributed by atoms with Gasteiger partial charge in [0.1, 0.15) is 0 Å². The second-order valence-corrected chi connectivity index (χ2v) is 5.80. The number of hydrogen-bond donors (Lipinski definition) is 2. The summed E-state index contributed by atoms with van der Waals surface area (Å²) in [5.41, 5.74) is 1.09. The average molecular weight is 279 g/mol. The third-order valence-corrected chi connectivity index (χ3v) is 4.01. The van der Waals surface area contributed by atoms with Crippen LogP contribution in [0, 0.1) is 12.3 Å². The molecule has 6 nitrogen and oxygen atoms in total. The summed E-state index contributed by atoms with van der Waals surface area (Å²) in [7, 11) is 1.80. The number of hydrogen-bond acceptors (Lipinski definition) is 3. The van der Waals surface area contributed by atoms with Gasteiger partial charge in [-0.05, 0) is 25.2 Å². The van der Waals surface area contributed by atoms with E-state index in [0.29, 0.717) is 5.69 Å². The molecule has 1 aliphatic rings. The number of aliphatic carboxylic acids is 1. The molecule has 0 radical (unpaired) electrons. The van der Waals surface area contributed by atoms with E-state index in [1.165, 1.54) is 0 Å². The fourth-order valence-corrected chi connectivity index (χ4v) is 3.12. The summed E-state index contributed by atoms with van der Waals surface area (Å²) in [5, 5.41) is 16.1. The first-order valence-electron chi connectivity index (χ1n) is 6.92. The Morgan fingerprint density at radius 2 is 2.05 bits per heavy atom. The number of carboxylic acid groups (broad SMARTS) is 1. The van der Waals surface area contributed by atoms with E-state index in [4.69, 9.17) is 5.11 Å². The van der Waals surface area contributed by atoms with Crippen LogP contribution in [0.3, 0.4) is 0 Å². The fourth-order valence-electron chi connectivity index (χ4n) is 3.12. The van der Waals surface area contributed by atoms with Crippen LogP contribution in [0.5, 0.6) is 0 Å². The molecule has 6 heteroatoms. The van der Waals surface area contributed by atoms with Crippen molar-refractivity contribution in [1.82, 2.24) is 9.78 Å². The average Bonchev–Trinajstić information content (AvgIpc) is 2.86. The van der Waals surface area contributed by atoms with Crippen LogP contribution in [-0.2, 0) is 16.6 Å². The predicted octanol–water partition coefficient (Wildman–Crippen LogP) is 2.09. The van der Waals surface area contributed by atoms with E-state index in [2.05, 4.69) is 10.4 Å². The molecule has 1 aromatic rings. The smallest absolute Gasteiger partial charge is 0.303 e. The molecule has 0 bridgehead atoms. The van der Waals surface area contributed by atoms with E-state index >= 15 is 0 Å². The van der Waals surface area contributed by atoms with Gasteiger partial charge in [-0.1, -0.05) is 12.8 Å². The Kier molecular flexibility index (Phi) is 4.11. The number of carbonyl (C=O) groups excluding carboxylic acids is 1. The lowest BCUT2D eigenvalue weighted by Crippen LogP contribution is -2.27. The molecule has 1 aromatic heterocycles. The molecule has 0 atom stereocenters. The van der Waals surface area contributed by atoms with Gasteiger partial charge in [0.15, 0.2) is 0 Å². The van der Waals surface area contributed by atoms with Gasteiger partial charge in [0.2, 0.25) is 5.91 Å². The number of rotatable bonds is 5. The maximum Gasteiger partial charge on any atom is 0.303 e. The van der Waals surface area contributed by atoms with E-state index in [-0.39, 0.29) is 24.2 Å². The minimum Gasteiger partial charge on any atom is -0.481 e. The van der Waals surface area contributed by atoms with Crippen molar-refractivity contribution < 1.29 is 14.7 Å². The van der Waals surface area contributed by atoms with Crippen LogP contribution in [-0.4, -0.2) is 26.8 Å². The van der Waals surface area contributed by atoms with Crippen LogP contribution in [0.1, 0.15) is 44.2 Å². The first kappa shape index (κ1) is 14.6. The predicted molar refractivity (Wildman–Crippen MR) is 74.3 cm³/mol. The molecule has 0 unspecified atom stereocenters. The van der Waals surface area contributed by atoms with Gasteiger partial charge in [0.05, 0.1) is 17.8 Å². The quantitative estimate of drug-likeness (QED) is 0.864. The highest BCUT2D eigenvalue weighted by Crippen LogP contribution is 2.44. The normalized spacial score (nSPS) is 17.1. The van der Waals surface area contributed by atoms with Gasteiger partial charge < -0.3 is 10.4 Å². The molecule has 2 N–H and O–H groups in total. The number of nitrogens with zero attached hydrogens (tertiary/aromatic N) is 2. The van der Waals surface area contributed by atoms with Gasteiger partial charge in [0, 0.05) is 19.7 Å². The lowest BCUT2D eigenvalue weighted by atomic mass is 9.79. The topological polar surface area (TPSA) is 84.2 Å². The van der Waals surface area contributed by atoms with Crippen molar-refractivity contribution in [2.24, 2.45) is 12.5 Å². The second kappa shape index (κ2) is 5.64. The Hall–Kier alpha value is -1.85. The second-order valence-electron chi connectivity index (χ2n) is 5.80. The van der Waals surface area contributed by atoms with Crippen LogP contribution in [0.15, 0.2) is 6.20 Å². The van der Waals surface area contributed by atoms with Crippen molar-refractivity contribution in [2.75, 3.05) is 5.32 Å². The number of nitrogens with one attached hydrogen (secondary N) is 1. The number of aryl methyl sites for hydroxylation is 2. The molecule has 0 aliphatic heterocycles. The standard InChI is InChI=1S/C14H21N3O3/c1-10-11(9-17(2)16-10)15-12(18)7-14(8-13(19)20)5-3-4-6-14/h9H,3-8H2,1-2H3,(H,15,18)(H,19,20). The number of anilines is 1. The Labute approximate surface area is 118 Å². The minimum atomic E-state index is -0.822. The Morgan fingerprint density at radius 3 is 2.55 bits per heavy atom. The van der Waals surface area contributed by atoms with E-state index in [1.54, 1.807) is 17.9 Å². The zero-order chi connectivity index (χ0) is 14.8. The van der Waals surface area contributed by atoms with Gasteiger partial charge in [-0.25, -0.2) is 0 Å². The molecule has 0 spiro atoms. The molecule has 20 heavy (non-hydrogen) atoms. The maximum atomic E-state index is 12.2. The SMILES string of the molecule is Cc1nn(C)cc1NC(=O)CC1(CC(=O)O)CCCC1. The van der Waals surface area contributed by atoms with Crippen molar-refractivity contribution in [2.45, 2.75) is 45.4 Å². The Balaban J connectivity index is 2.02. The van der Waals surface area contributed by atoms with Crippen LogP contribution >= 0.6 is 0 Å². The van der Waals surface area contributed by atoms with Gasteiger partial charge in [-0.3, -0.25) is 14.3 Å². The summed E-state index contributed by atoms with van der Waals surface area (Å²) in [6, 6.07) is 0. The van der Waals surface area contributed by atoms with E-state index in [0.717, 1.165) is 31.4 Å². The van der Waals surface area contributed by atoms with Crippen molar-refractivity contribution in [1.29, 1.82) is 0 Å². The fraction of sp³-hybridized carbons (Fsp3) is 0.643. The summed E-state index contributed by atoms with van der Waals surface area (Å²) < 4.78 is 1.65. The Bertz CT molecular complexity index is 516. The zero-order valence-electron chi connectivity index (χ0n) is 12.0. The molecule has 1 heterocycles. The van der Waals surface area contributed by atoms with E-state index in [1.807, 2.05) is 6.92 Å². The first-order valence-corrected chi connectivity index (χ1v) is 6.92. The number of amides is 1. The molecular formula is C14H21N3O3. The highest BCUT2D eigenvalue weighted by molar-refractivity contribution is 5.91. The molecule has 1 saturated carbocycles. The van der Waals surface area contributed by atoms with Crippen molar-refractivity contribution >= 4 is 17.6 Å². The molecular weight excluding hydrogens is 258 g/mol. The summed E-state index contributed by atoms with van der Waals surface area (Å²) in [5.74, 6) is -0.943. The number of carboxylic acids is 1. The summed E-state index contributed by atoms with van der Waals surface area (Å²) in [6.07, 6.45) is 5.75. The number of carbonyl (C=O) groups is 2. The number of aromatic nitrogens is 2. The molecule has 0 saturated heterocycles. The monoisotopic (exact) mass is 279 g/mol. The van der Waals surface area contributed by atoms with Crippen molar-refractivity contribution in [3.8, 4) is 0 Å². The van der Waals surface area contributed by atoms with Crippen LogP contribution in [0.25, 0.3) is 0 Å². The minimum absolute atomic E-state index is 0.0758. The molecule has 0 aromatic carbocycles. The highest BCUT2D eigenvalue weighted by Gasteiger charge is 2.38. The summed E-state index contributed by atoms with van der Waals surface area (Å²) in [4.78, 5) is 23.2. The van der Waals surface area contributed by atoms with Gasteiger partial charge >= 0.3 is 5.97 Å². The van der Waals surface area contributed by atoms with E-state index < -0.39 is 5.97 Å². The van der Waals surface area contributed by atoms with Crippen LogP contribution in [0.2, 0.25) is 0 Å². The summed E-state index contributed by atoms with van der Waals surface area (Å²) in [6.45, 7) is 1.83. The van der Waals surface area contributed by atoms with Crippen LogP contribution in [0.4, 0.5) is 5.69 Å². The van der Waals surface area contributed by atoms with Gasteiger partial charge in [-0.2, -0.15) is 5.10 Å². The molecule has 1 amide bonds. The zero-order valence-corrected chi connectivity index (χ0v) is 12.0. The van der Waals surface area contributed by atoms with E-state index in [9.17, 15) is 9.59 Å². The summed E-state index contributed by atoms with van der Waals surface area (Å²) >= 11 is 0. The Morgan fingerprint density at radius 1 is 1.40 bits per heavy atom. The van der Waals surface area contributed by atoms with Gasteiger partial charge in [-0.15, -0.1) is 0 Å². The van der Waals surface area contributed by atoms with Gasteiger partial charge in [0.25, 0.3) is 0 Å². The third-order valence-electron chi connectivity index (χ3n) is 4.01. The largest absolute Gasteiger partial charge is 0.481 e. The lowest BCUT2D eigenvalue weighted by Gasteiger charge is -2.26. The van der Waals surface area contributed by atoms with Crippen LogP contribution < -0.4 is 5.32 Å². The maximum absolute atomic E-state index is 12.2. The van der Waals surface area contributed by atoms with Crippen molar-refractivity contribution in [3.63, 3.8) is 0 Å². The lowest BCUT2D eigenvalue weighted by molar-refractivity contribution is -0.140. The highest BCUT2D eigenvalue weighted by atomic mass is 16.4. The third kappa shape index (κ3) is 3.37. The first-order chi connectivity index (χ1) is 9.40. The van der Waals surface area contributed by atoms with Crippen molar-refractivity contribution in [3.05, 3.63) is 11.9 Å². The molecule has 1 fully saturated rings.